The van der Waals surface area contributed by atoms with Crippen LogP contribution in [0.2, 0.25) is 0 Å². The average Bonchev–Trinajstić information content (AvgIpc) is 3.48. The van der Waals surface area contributed by atoms with Crippen molar-refractivity contribution in [3.63, 3.8) is 0 Å². The van der Waals surface area contributed by atoms with Crippen molar-refractivity contribution in [3.05, 3.63) is 71.3 Å². The summed E-state index contributed by atoms with van der Waals surface area (Å²) in [6.45, 7) is 3.06. The molecule has 6 heteroatoms. The molecular formula is C22H24F3NO2. The van der Waals surface area contributed by atoms with Crippen LogP contribution in [0.5, 0.6) is 0 Å². The number of halogens is 3. The molecule has 1 saturated carbocycles. The van der Waals surface area contributed by atoms with E-state index in [0.29, 0.717) is 26.0 Å². The van der Waals surface area contributed by atoms with Crippen molar-refractivity contribution < 1.29 is 22.7 Å². The third kappa shape index (κ3) is 5.35. The molecule has 150 valence electrons. The number of benzene rings is 2. The molecule has 1 N–H and O–H groups in total. The van der Waals surface area contributed by atoms with Crippen molar-refractivity contribution in [1.29, 1.82) is 0 Å². The molecule has 1 fully saturated rings. The van der Waals surface area contributed by atoms with Gasteiger partial charge in [0.1, 0.15) is 0 Å². The van der Waals surface area contributed by atoms with Gasteiger partial charge in [0.05, 0.1) is 11.7 Å². The lowest BCUT2D eigenvalue weighted by molar-refractivity contribution is -0.137. The minimum atomic E-state index is -4.33. The summed E-state index contributed by atoms with van der Waals surface area (Å²) in [7, 11) is 0. The molecule has 2 aromatic rings. The van der Waals surface area contributed by atoms with Gasteiger partial charge in [0, 0.05) is 19.1 Å². The second-order valence-corrected chi connectivity index (χ2v) is 7.14. The smallest absolute Gasteiger partial charge is 0.374 e. The fourth-order valence-corrected chi connectivity index (χ4v) is 3.27. The van der Waals surface area contributed by atoms with Crippen LogP contribution in [0, 0.1) is 5.92 Å². The summed E-state index contributed by atoms with van der Waals surface area (Å²) >= 11 is 0. The Morgan fingerprint density at radius 1 is 1.14 bits per heavy atom. The number of alkyl halides is 3. The number of carbonyl (C=O) groups is 1. The molecule has 1 amide bonds. The van der Waals surface area contributed by atoms with E-state index in [-0.39, 0.29) is 23.8 Å². The fraction of sp³-hybridized carbons (Fsp3) is 0.409. The van der Waals surface area contributed by atoms with E-state index in [9.17, 15) is 18.0 Å². The first kappa shape index (κ1) is 20.4. The normalized spacial score (nSPS) is 19.9. The molecule has 0 spiro atoms. The van der Waals surface area contributed by atoms with E-state index in [2.05, 4.69) is 5.32 Å². The maximum Gasteiger partial charge on any atom is 0.416 e. The highest BCUT2D eigenvalue weighted by molar-refractivity contribution is 5.82. The SMILES string of the molecule is CC(OCCCNC(=O)C1CC1c1ccc(C(F)(F)F)cc1)c1ccccc1. The number of ether oxygens (including phenoxy) is 1. The zero-order valence-corrected chi connectivity index (χ0v) is 15.7. The van der Waals surface area contributed by atoms with Gasteiger partial charge in [-0.15, -0.1) is 0 Å². The highest BCUT2D eigenvalue weighted by atomic mass is 19.4. The zero-order chi connectivity index (χ0) is 20.1. The third-order valence-electron chi connectivity index (χ3n) is 5.05. The molecule has 1 aliphatic carbocycles. The van der Waals surface area contributed by atoms with Gasteiger partial charge in [-0.25, -0.2) is 0 Å². The number of hydrogen-bond acceptors (Lipinski definition) is 2. The first-order valence-electron chi connectivity index (χ1n) is 9.47. The van der Waals surface area contributed by atoms with Crippen molar-refractivity contribution in [3.8, 4) is 0 Å². The summed E-state index contributed by atoms with van der Waals surface area (Å²) in [6, 6.07) is 15.0. The predicted octanol–water partition coefficient (Wildman–Crippen LogP) is 5.09. The lowest BCUT2D eigenvalue weighted by Gasteiger charge is -2.13. The predicted molar refractivity (Wildman–Crippen MR) is 101 cm³/mol. The van der Waals surface area contributed by atoms with Crippen molar-refractivity contribution in [2.24, 2.45) is 5.92 Å². The molecular weight excluding hydrogens is 367 g/mol. The number of hydrogen-bond donors (Lipinski definition) is 1. The van der Waals surface area contributed by atoms with E-state index in [1.807, 2.05) is 37.3 Å². The van der Waals surface area contributed by atoms with E-state index < -0.39 is 11.7 Å². The Labute approximate surface area is 162 Å². The summed E-state index contributed by atoms with van der Waals surface area (Å²) in [5, 5.41) is 2.89. The Morgan fingerprint density at radius 2 is 1.82 bits per heavy atom. The van der Waals surface area contributed by atoms with Crippen LogP contribution in [0.15, 0.2) is 54.6 Å². The summed E-state index contributed by atoms with van der Waals surface area (Å²) in [5.41, 5.74) is 1.24. The van der Waals surface area contributed by atoms with E-state index in [4.69, 9.17) is 4.74 Å². The first-order valence-corrected chi connectivity index (χ1v) is 9.47. The minimum Gasteiger partial charge on any atom is -0.374 e. The molecule has 0 radical (unpaired) electrons. The van der Waals surface area contributed by atoms with Gasteiger partial charge in [0.25, 0.3) is 0 Å². The van der Waals surface area contributed by atoms with Gasteiger partial charge in [-0.2, -0.15) is 13.2 Å². The van der Waals surface area contributed by atoms with Crippen molar-refractivity contribution in [2.45, 2.75) is 38.0 Å². The number of nitrogens with one attached hydrogen (secondary N) is 1. The van der Waals surface area contributed by atoms with Crippen molar-refractivity contribution in [2.75, 3.05) is 13.2 Å². The highest BCUT2D eigenvalue weighted by Gasteiger charge is 2.44. The van der Waals surface area contributed by atoms with Crippen LogP contribution < -0.4 is 5.32 Å². The number of rotatable bonds is 8. The first-order chi connectivity index (χ1) is 13.4. The van der Waals surface area contributed by atoms with Gasteiger partial charge in [0.2, 0.25) is 5.91 Å². The lowest BCUT2D eigenvalue weighted by atomic mass is 10.1. The Morgan fingerprint density at radius 3 is 2.46 bits per heavy atom. The number of carbonyl (C=O) groups excluding carboxylic acids is 1. The number of amides is 1. The maximum atomic E-state index is 12.6. The summed E-state index contributed by atoms with van der Waals surface area (Å²) in [4.78, 5) is 12.2. The second kappa shape index (κ2) is 8.78. The molecule has 3 atom stereocenters. The van der Waals surface area contributed by atoms with Crippen LogP contribution in [-0.2, 0) is 15.7 Å². The molecule has 0 saturated heterocycles. The second-order valence-electron chi connectivity index (χ2n) is 7.14. The Kier molecular flexibility index (Phi) is 6.39. The summed E-state index contributed by atoms with van der Waals surface area (Å²) < 4.78 is 43.6. The van der Waals surface area contributed by atoms with Gasteiger partial charge < -0.3 is 10.1 Å². The zero-order valence-electron chi connectivity index (χ0n) is 15.7. The molecule has 3 rings (SSSR count). The molecule has 0 aromatic heterocycles. The van der Waals surface area contributed by atoms with Crippen LogP contribution in [0.4, 0.5) is 13.2 Å². The van der Waals surface area contributed by atoms with Gasteiger partial charge in [-0.05, 0) is 48.9 Å². The third-order valence-corrected chi connectivity index (χ3v) is 5.05. The van der Waals surface area contributed by atoms with E-state index in [0.717, 1.165) is 23.3 Å². The minimum absolute atomic E-state index is 0.00406. The van der Waals surface area contributed by atoms with E-state index in [1.165, 1.54) is 12.1 Å². The van der Waals surface area contributed by atoms with E-state index >= 15 is 0 Å². The van der Waals surface area contributed by atoms with Crippen LogP contribution in [-0.4, -0.2) is 19.1 Å². The van der Waals surface area contributed by atoms with Gasteiger partial charge in [-0.3, -0.25) is 4.79 Å². The largest absolute Gasteiger partial charge is 0.416 e. The van der Waals surface area contributed by atoms with Gasteiger partial charge in [-0.1, -0.05) is 42.5 Å². The van der Waals surface area contributed by atoms with Crippen molar-refractivity contribution >= 4 is 5.91 Å². The fourth-order valence-electron chi connectivity index (χ4n) is 3.27. The molecule has 3 unspecified atom stereocenters. The van der Waals surface area contributed by atoms with Crippen molar-refractivity contribution in [1.82, 2.24) is 5.32 Å². The summed E-state index contributed by atoms with van der Waals surface area (Å²) in [5.74, 6) is -0.182. The van der Waals surface area contributed by atoms with Crippen LogP contribution in [0.1, 0.15) is 48.5 Å². The lowest BCUT2D eigenvalue weighted by Crippen LogP contribution is -2.27. The molecule has 3 nitrogen and oxygen atoms in total. The monoisotopic (exact) mass is 391 g/mol. The quantitative estimate of drug-likeness (QED) is 0.637. The topological polar surface area (TPSA) is 38.3 Å². The van der Waals surface area contributed by atoms with Crippen LogP contribution in [0.25, 0.3) is 0 Å². The van der Waals surface area contributed by atoms with E-state index in [1.54, 1.807) is 0 Å². The molecule has 0 aliphatic heterocycles. The molecule has 0 heterocycles. The standard InChI is InChI=1S/C22H24F3NO2/c1-15(16-6-3-2-4-7-16)28-13-5-12-26-21(27)20-14-19(20)17-8-10-18(11-9-17)22(23,24)25/h2-4,6-11,15,19-20H,5,12-14H2,1H3,(H,26,27). The van der Waals surface area contributed by atoms with Crippen LogP contribution in [0.3, 0.4) is 0 Å². The Balaban J connectivity index is 1.35. The molecule has 1 aliphatic rings. The van der Waals surface area contributed by atoms with Gasteiger partial charge in [0.15, 0.2) is 0 Å². The maximum absolute atomic E-state index is 12.6. The molecule has 28 heavy (non-hydrogen) atoms. The van der Waals surface area contributed by atoms with Gasteiger partial charge >= 0.3 is 6.18 Å². The Bertz CT molecular complexity index is 775. The molecule has 2 aromatic carbocycles. The summed E-state index contributed by atoms with van der Waals surface area (Å²) in [6.07, 6.45) is -2.94. The van der Waals surface area contributed by atoms with Crippen LogP contribution >= 0.6 is 0 Å². The molecule has 0 bridgehead atoms. The highest BCUT2D eigenvalue weighted by Crippen LogP contribution is 2.47. The Hall–Kier alpha value is -2.34. The average molecular weight is 391 g/mol.